The summed E-state index contributed by atoms with van der Waals surface area (Å²) in [6.07, 6.45) is 19.7. The van der Waals surface area contributed by atoms with Crippen LogP contribution in [0, 0.1) is 46.3 Å². The van der Waals surface area contributed by atoms with Crippen LogP contribution in [0.15, 0.2) is 35.5 Å². The summed E-state index contributed by atoms with van der Waals surface area (Å²) in [7, 11) is 0. The average molecular weight is 411 g/mol. The normalized spacial score (nSPS) is 42.9. The van der Waals surface area contributed by atoms with Crippen molar-refractivity contribution in [1.29, 1.82) is 0 Å². The highest BCUT2D eigenvalue weighted by molar-refractivity contribution is 5.39. The van der Waals surface area contributed by atoms with Gasteiger partial charge in [0, 0.05) is 0 Å². The number of aliphatic hydroxyl groups is 1. The van der Waals surface area contributed by atoms with Crippen LogP contribution in [0.3, 0.4) is 0 Å². The number of hydrogen-bond acceptors (Lipinski definition) is 1. The predicted molar refractivity (Wildman–Crippen MR) is 128 cm³/mol. The van der Waals surface area contributed by atoms with Crippen molar-refractivity contribution < 1.29 is 5.11 Å². The molecule has 0 aromatic heterocycles. The molecule has 0 radical (unpaired) electrons. The maximum absolute atomic E-state index is 10.2. The van der Waals surface area contributed by atoms with E-state index in [9.17, 15) is 5.11 Å². The van der Waals surface area contributed by atoms with Crippen molar-refractivity contribution in [2.75, 3.05) is 0 Å². The Balaban J connectivity index is 1.53. The summed E-state index contributed by atoms with van der Waals surface area (Å²) >= 11 is 0. The van der Waals surface area contributed by atoms with Crippen LogP contribution in [0.4, 0.5) is 0 Å². The van der Waals surface area contributed by atoms with Crippen molar-refractivity contribution >= 4 is 0 Å². The van der Waals surface area contributed by atoms with Crippen LogP contribution in [0.1, 0.15) is 92.9 Å². The van der Waals surface area contributed by atoms with Gasteiger partial charge in [0.05, 0.1) is 6.10 Å². The molecule has 0 aliphatic heterocycles. The standard InChI is InChI=1S/C29H46O/c1-19(2)17-20(3)7-8-21(4)25-11-12-26-24-10-9-22-18-23(30)13-15-28(22,5)27(24)14-16-29(25,26)6/h7-10,19-21,23,25-27,30H,11-18H2,1-6H3. The Morgan fingerprint density at radius 3 is 2.47 bits per heavy atom. The van der Waals surface area contributed by atoms with Gasteiger partial charge in [0.2, 0.25) is 0 Å². The van der Waals surface area contributed by atoms with E-state index in [-0.39, 0.29) is 6.10 Å². The Bertz CT molecular complexity index is 727. The summed E-state index contributed by atoms with van der Waals surface area (Å²) in [6.45, 7) is 14.7. The van der Waals surface area contributed by atoms with Crippen LogP contribution in [-0.4, -0.2) is 11.2 Å². The Labute approximate surface area is 186 Å². The van der Waals surface area contributed by atoms with Crippen LogP contribution in [0.25, 0.3) is 0 Å². The second-order valence-corrected chi connectivity index (χ2v) is 12.4. The van der Waals surface area contributed by atoms with Crippen LogP contribution < -0.4 is 0 Å². The van der Waals surface area contributed by atoms with Crippen molar-refractivity contribution in [2.45, 2.75) is 99.0 Å². The van der Waals surface area contributed by atoms with E-state index in [2.05, 4.69) is 65.8 Å². The molecule has 3 fully saturated rings. The zero-order valence-corrected chi connectivity index (χ0v) is 20.5. The summed E-state index contributed by atoms with van der Waals surface area (Å²) in [4.78, 5) is 0. The van der Waals surface area contributed by atoms with E-state index in [1.165, 1.54) is 44.1 Å². The first-order valence-corrected chi connectivity index (χ1v) is 12.9. The zero-order chi connectivity index (χ0) is 21.7. The molecule has 0 aromatic rings. The SMILES string of the molecule is CC(C)CC(C)C=CC(C)C1CCC2C3=CC=C4CC(O)CCC4(C)C3CCC21C. The number of allylic oxidation sites excluding steroid dienone is 5. The fourth-order valence-corrected chi connectivity index (χ4v) is 8.21. The van der Waals surface area contributed by atoms with Gasteiger partial charge in [-0.2, -0.15) is 0 Å². The molecule has 30 heavy (non-hydrogen) atoms. The van der Waals surface area contributed by atoms with Gasteiger partial charge in [-0.15, -0.1) is 0 Å². The lowest BCUT2D eigenvalue weighted by atomic mass is 9.50. The van der Waals surface area contributed by atoms with Gasteiger partial charge < -0.3 is 5.11 Å². The smallest absolute Gasteiger partial charge is 0.0578 e. The van der Waals surface area contributed by atoms with Gasteiger partial charge in [-0.05, 0) is 97.7 Å². The molecular weight excluding hydrogens is 364 g/mol. The molecule has 1 heteroatoms. The third-order valence-corrected chi connectivity index (χ3v) is 9.84. The van der Waals surface area contributed by atoms with Crippen LogP contribution in [0.5, 0.6) is 0 Å². The van der Waals surface area contributed by atoms with Crippen molar-refractivity contribution in [3.8, 4) is 0 Å². The summed E-state index contributed by atoms with van der Waals surface area (Å²) in [5.41, 5.74) is 4.07. The number of rotatable bonds is 5. The number of hydrogen-bond donors (Lipinski definition) is 1. The van der Waals surface area contributed by atoms with Crippen molar-refractivity contribution in [3.63, 3.8) is 0 Å². The third kappa shape index (κ3) is 3.78. The molecule has 0 spiro atoms. The minimum Gasteiger partial charge on any atom is -0.393 e. The molecule has 0 amide bonds. The molecule has 0 heterocycles. The summed E-state index contributed by atoms with van der Waals surface area (Å²) in [5.74, 6) is 4.46. The fourth-order valence-electron chi connectivity index (χ4n) is 8.21. The minimum atomic E-state index is -0.116. The highest BCUT2D eigenvalue weighted by atomic mass is 16.3. The Morgan fingerprint density at radius 1 is 0.967 bits per heavy atom. The molecule has 168 valence electrons. The van der Waals surface area contributed by atoms with Crippen LogP contribution in [0.2, 0.25) is 0 Å². The minimum absolute atomic E-state index is 0.116. The summed E-state index contributed by atoms with van der Waals surface area (Å²) in [5, 5.41) is 10.2. The van der Waals surface area contributed by atoms with Crippen molar-refractivity contribution in [1.82, 2.24) is 0 Å². The van der Waals surface area contributed by atoms with Gasteiger partial charge in [0.1, 0.15) is 0 Å². The Morgan fingerprint density at radius 2 is 1.73 bits per heavy atom. The molecule has 8 unspecified atom stereocenters. The maximum atomic E-state index is 10.2. The molecule has 0 saturated heterocycles. The molecular formula is C29H46O. The lowest BCUT2D eigenvalue weighted by Crippen LogP contribution is -2.46. The Hall–Kier alpha value is -0.820. The number of aliphatic hydroxyl groups excluding tert-OH is 1. The van der Waals surface area contributed by atoms with Gasteiger partial charge in [-0.25, -0.2) is 0 Å². The Kier molecular flexibility index (Phi) is 6.17. The third-order valence-electron chi connectivity index (χ3n) is 9.84. The molecule has 4 aliphatic rings. The topological polar surface area (TPSA) is 20.2 Å². The largest absolute Gasteiger partial charge is 0.393 e. The highest BCUT2D eigenvalue weighted by Gasteiger charge is 2.56. The molecule has 0 aromatic carbocycles. The first kappa shape index (κ1) is 22.4. The molecule has 8 atom stereocenters. The monoisotopic (exact) mass is 410 g/mol. The summed E-state index contributed by atoms with van der Waals surface area (Å²) < 4.78 is 0. The van der Waals surface area contributed by atoms with Crippen LogP contribution >= 0.6 is 0 Å². The molecule has 1 N–H and O–H groups in total. The van der Waals surface area contributed by atoms with E-state index in [1.807, 2.05) is 0 Å². The van der Waals surface area contributed by atoms with Gasteiger partial charge in [-0.1, -0.05) is 77.0 Å². The quantitative estimate of drug-likeness (QED) is 0.460. The average Bonchev–Trinajstić information content (AvgIpc) is 3.03. The molecule has 3 saturated carbocycles. The molecule has 0 bridgehead atoms. The second kappa shape index (κ2) is 8.27. The predicted octanol–water partition coefficient (Wildman–Crippen LogP) is 7.72. The van der Waals surface area contributed by atoms with E-state index < -0.39 is 0 Å². The fraction of sp³-hybridized carbons (Fsp3) is 0.793. The first-order chi connectivity index (χ1) is 14.1. The van der Waals surface area contributed by atoms with E-state index in [1.54, 1.807) is 5.57 Å². The van der Waals surface area contributed by atoms with Gasteiger partial charge in [0.15, 0.2) is 0 Å². The van der Waals surface area contributed by atoms with E-state index in [0.29, 0.717) is 22.7 Å². The van der Waals surface area contributed by atoms with Gasteiger partial charge in [-0.3, -0.25) is 0 Å². The lowest BCUT2D eigenvalue weighted by Gasteiger charge is -2.55. The van der Waals surface area contributed by atoms with Gasteiger partial charge >= 0.3 is 0 Å². The molecule has 4 aliphatic carbocycles. The maximum Gasteiger partial charge on any atom is 0.0578 e. The summed E-state index contributed by atoms with van der Waals surface area (Å²) in [6, 6.07) is 0. The van der Waals surface area contributed by atoms with E-state index in [4.69, 9.17) is 0 Å². The lowest BCUT2D eigenvalue weighted by molar-refractivity contribution is 0.0382. The first-order valence-electron chi connectivity index (χ1n) is 12.9. The molecule has 4 rings (SSSR count). The second-order valence-electron chi connectivity index (χ2n) is 12.4. The van der Waals surface area contributed by atoms with Gasteiger partial charge in [0.25, 0.3) is 0 Å². The van der Waals surface area contributed by atoms with Crippen molar-refractivity contribution in [3.05, 3.63) is 35.5 Å². The van der Waals surface area contributed by atoms with E-state index >= 15 is 0 Å². The zero-order valence-electron chi connectivity index (χ0n) is 20.5. The molecule has 1 nitrogen and oxygen atoms in total. The van der Waals surface area contributed by atoms with Crippen molar-refractivity contribution in [2.24, 2.45) is 46.3 Å². The number of fused-ring (bicyclic) bond motifs is 5. The van der Waals surface area contributed by atoms with Crippen LogP contribution in [-0.2, 0) is 0 Å². The highest BCUT2D eigenvalue weighted by Crippen LogP contribution is 2.65. The van der Waals surface area contributed by atoms with E-state index in [0.717, 1.165) is 36.5 Å².